The van der Waals surface area contributed by atoms with Crippen LogP contribution in [0.4, 0.5) is 5.69 Å². The van der Waals surface area contributed by atoms with Gasteiger partial charge in [-0.1, -0.05) is 12.1 Å². The quantitative estimate of drug-likeness (QED) is 0.846. The lowest BCUT2D eigenvalue weighted by molar-refractivity contribution is 0.224. The second-order valence-corrected chi connectivity index (χ2v) is 7.58. The van der Waals surface area contributed by atoms with E-state index in [1.54, 1.807) is 0 Å². The Morgan fingerprint density at radius 2 is 2.21 bits per heavy atom. The van der Waals surface area contributed by atoms with Crippen molar-refractivity contribution in [3.63, 3.8) is 0 Å². The molecule has 1 atom stereocenters. The summed E-state index contributed by atoms with van der Waals surface area (Å²) < 4.78 is 23.0. The van der Waals surface area contributed by atoms with Crippen LogP contribution in [0, 0.1) is 0 Å². The van der Waals surface area contributed by atoms with Gasteiger partial charge >= 0.3 is 0 Å². The summed E-state index contributed by atoms with van der Waals surface area (Å²) in [5.74, 6) is 0.598. The molecule has 0 bridgehead atoms. The average Bonchev–Trinajstić information content (AvgIpc) is 2.31. The fourth-order valence-electron chi connectivity index (χ4n) is 2.60. The monoisotopic (exact) mass is 282 g/mol. The minimum Gasteiger partial charge on any atom is -0.399 e. The molecule has 1 aliphatic heterocycles. The molecule has 2 N–H and O–H groups in total. The Hall–Kier alpha value is -1.07. The highest BCUT2D eigenvalue weighted by Gasteiger charge is 2.27. The molecule has 4 nitrogen and oxygen atoms in total. The Bertz CT molecular complexity index is 528. The average molecular weight is 282 g/mol. The van der Waals surface area contributed by atoms with Crippen molar-refractivity contribution in [1.29, 1.82) is 0 Å². The zero-order valence-electron chi connectivity index (χ0n) is 11.4. The number of nitrogens with zero attached hydrogens (tertiary/aromatic N) is 1. The zero-order chi connectivity index (χ0) is 13.9. The Kier molecular flexibility index (Phi) is 4.47. The first-order valence-electron chi connectivity index (χ1n) is 6.75. The Morgan fingerprint density at radius 1 is 1.42 bits per heavy atom. The molecule has 1 unspecified atom stereocenters. The summed E-state index contributed by atoms with van der Waals surface area (Å²) in [4.78, 5) is 2.27. The summed E-state index contributed by atoms with van der Waals surface area (Å²) >= 11 is 0. The van der Waals surface area contributed by atoms with Gasteiger partial charge in [0, 0.05) is 18.3 Å². The van der Waals surface area contributed by atoms with Gasteiger partial charge in [0.2, 0.25) is 0 Å². The van der Waals surface area contributed by atoms with Gasteiger partial charge in [-0.05, 0) is 44.0 Å². The molecule has 0 saturated carbocycles. The molecule has 0 spiro atoms. The van der Waals surface area contributed by atoms with Crippen molar-refractivity contribution < 1.29 is 8.42 Å². The standard InChI is InChI=1S/C14H22N2O2S/c1-12-11-19(17,18)9-8-16(12)7-3-5-13-4-2-6-14(15)10-13/h2,4,6,10,12H,3,5,7-9,11,15H2,1H3. The van der Waals surface area contributed by atoms with Crippen LogP contribution >= 0.6 is 0 Å². The third-order valence-corrected chi connectivity index (χ3v) is 5.46. The number of benzene rings is 1. The van der Waals surface area contributed by atoms with Crippen molar-refractivity contribution in [2.45, 2.75) is 25.8 Å². The van der Waals surface area contributed by atoms with Crippen molar-refractivity contribution in [2.75, 3.05) is 30.3 Å². The summed E-state index contributed by atoms with van der Waals surface area (Å²) in [6.45, 7) is 3.61. The Balaban J connectivity index is 1.80. The van der Waals surface area contributed by atoms with Gasteiger partial charge in [-0.15, -0.1) is 0 Å². The van der Waals surface area contributed by atoms with E-state index >= 15 is 0 Å². The van der Waals surface area contributed by atoms with Crippen LogP contribution in [0.15, 0.2) is 24.3 Å². The molecule has 106 valence electrons. The number of nitrogen functional groups attached to an aromatic ring is 1. The highest BCUT2D eigenvalue weighted by molar-refractivity contribution is 7.91. The topological polar surface area (TPSA) is 63.4 Å². The van der Waals surface area contributed by atoms with Crippen LogP contribution in [0.25, 0.3) is 0 Å². The third-order valence-electron chi connectivity index (χ3n) is 3.67. The molecule has 5 heteroatoms. The van der Waals surface area contributed by atoms with E-state index in [1.807, 2.05) is 25.1 Å². The van der Waals surface area contributed by atoms with E-state index < -0.39 is 9.84 Å². The lowest BCUT2D eigenvalue weighted by atomic mass is 10.1. The van der Waals surface area contributed by atoms with Crippen molar-refractivity contribution in [3.05, 3.63) is 29.8 Å². The Morgan fingerprint density at radius 3 is 2.89 bits per heavy atom. The fraction of sp³-hybridized carbons (Fsp3) is 0.571. The van der Waals surface area contributed by atoms with Gasteiger partial charge in [0.15, 0.2) is 9.84 Å². The van der Waals surface area contributed by atoms with Crippen LogP contribution in [0.2, 0.25) is 0 Å². The normalized spacial score (nSPS) is 23.3. The molecule has 2 rings (SSSR count). The number of sulfone groups is 1. The predicted molar refractivity (Wildman–Crippen MR) is 78.9 cm³/mol. The molecule has 0 aromatic heterocycles. The van der Waals surface area contributed by atoms with Crippen molar-refractivity contribution in [1.82, 2.24) is 4.90 Å². The summed E-state index contributed by atoms with van der Waals surface area (Å²) in [5.41, 5.74) is 7.80. The van der Waals surface area contributed by atoms with Crippen molar-refractivity contribution >= 4 is 15.5 Å². The second-order valence-electron chi connectivity index (χ2n) is 5.35. The van der Waals surface area contributed by atoms with E-state index in [-0.39, 0.29) is 6.04 Å². The number of aryl methyl sites for hydroxylation is 1. The van der Waals surface area contributed by atoms with Gasteiger partial charge in [0.25, 0.3) is 0 Å². The van der Waals surface area contributed by atoms with Gasteiger partial charge in [-0.2, -0.15) is 0 Å². The summed E-state index contributed by atoms with van der Waals surface area (Å²) in [5, 5.41) is 0. The minimum absolute atomic E-state index is 0.139. The van der Waals surface area contributed by atoms with Gasteiger partial charge < -0.3 is 5.73 Å². The van der Waals surface area contributed by atoms with Crippen LogP contribution in [-0.2, 0) is 16.3 Å². The second kappa shape index (κ2) is 5.92. The number of hydrogen-bond donors (Lipinski definition) is 1. The smallest absolute Gasteiger partial charge is 0.153 e. The Labute approximate surface area is 115 Å². The maximum Gasteiger partial charge on any atom is 0.153 e. The molecule has 1 aliphatic rings. The maximum atomic E-state index is 11.5. The SMILES string of the molecule is CC1CS(=O)(=O)CCN1CCCc1cccc(N)c1. The molecule has 1 fully saturated rings. The van der Waals surface area contributed by atoms with E-state index in [9.17, 15) is 8.42 Å². The zero-order valence-corrected chi connectivity index (χ0v) is 12.2. The van der Waals surface area contributed by atoms with E-state index in [4.69, 9.17) is 5.73 Å². The summed E-state index contributed by atoms with van der Waals surface area (Å²) in [7, 11) is -2.81. The molecule has 19 heavy (non-hydrogen) atoms. The molecule has 1 aromatic carbocycles. The third kappa shape index (κ3) is 4.21. The first-order valence-corrected chi connectivity index (χ1v) is 8.57. The van der Waals surface area contributed by atoms with Crippen LogP contribution < -0.4 is 5.73 Å². The number of rotatable bonds is 4. The molecule has 1 aromatic rings. The highest BCUT2D eigenvalue weighted by Crippen LogP contribution is 2.14. The van der Waals surface area contributed by atoms with E-state index in [0.29, 0.717) is 18.1 Å². The number of hydrogen-bond acceptors (Lipinski definition) is 4. The number of nitrogens with two attached hydrogens (primary N) is 1. The van der Waals surface area contributed by atoms with Gasteiger partial charge in [0.05, 0.1) is 11.5 Å². The van der Waals surface area contributed by atoms with Gasteiger partial charge in [-0.3, -0.25) is 4.90 Å². The fourth-order valence-corrected chi connectivity index (χ4v) is 4.23. The molecule has 0 aliphatic carbocycles. The highest BCUT2D eigenvalue weighted by atomic mass is 32.2. The van der Waals surface area contributed by atoms with Crippen LogP contribution in [0.1, 0.15) is 18.9 Å². The van der Waals surface area contributed by atoms with Gasteiger partial charge in [-0.25, -0.2) is 8.42 Å². The first kappa shape index (κ1) is 14.3. The van der Waals surface area contributed by atoms with Crippen LogP contribution in [0.3, 0.4) is 0 Å². The molecule has 1 heterocycles. The molecule has 0 radical (unpaired) electrons. The van der Waals surface area contributed by atoms with Crippen LogP contribution in [-0.4, -0.2) is 44.0 Å². The summed E-state index contributed by atoms with van der Waals surface area (Å²) in [6.07, 6.45) is 2.02. The van der Waals surface area contributed by atoms with Gasteiger partial charge in [0.1, 0.15) is 0 Å². The molecular weight excluding hydrogens is 260 g/mol. The van der Waals surface area contributed by atoms with E-state index in [0.717, 1.165) is 25.1 Å². The minimum atomic E-state index is -2.81. The van der Waals surface area contributed by atoms with E-state index in [2.05, 4.69) is 11.0 Å². The van der Waals surface area contributed by atoms with Crippen molar-refractivity contribution in [3.8, 4) is 0 Å². The first-order chi connectivity index (χ1) is 8.96. The molecular formula is C14H22N2O2S. The largest absolute Gasteiger partial charge is 0.399 e. The molecule has 1 saturated heterocycles. The predicted octanol–water partition coefficient (Wildman–Crippen LogP) is 1.32. The molecule has 0 amide bonds. The maximum absolute atomic E-state index is 11.5. The van der Waals surface area contributed by atoms with E-state index in [1.165, 1.54) is 5.56 Å². The number of anilines is 1. The lowest BCUT2D eigenvalue weighted by Crippen LogP contribution is -2.47. The van der Waals surface area contributed by atoms with Crippen LogP contribution in [0.5, 0.6) is 0 Å². The lowest BCUT2D eigenvalue weighted by Gasteiger charge is -2.33. The van der Waals surface area contributed by atoms with Crippen molar-refractivity contribution in [2.24, 2.45) is 0 Å². The summed E-state index contributed by atoms with van der Waals surface area (Å²) in [6, 6.07) is 8.09.